The second-order valence-electron chi connectivity index (χ2n) is 33.4. The molecular formula is C105H80Cl3N3O2S2Si3. The van der Waals surface area contributed by atoms with Gasteiger partial charge in [-0.1, -0.05) is 213 Å². The normalized spacial score (nSPS) is 13.6. The maximum absolute atomic E-state index is 6.51. The number of hydrogen-bond donors (Lipinski definition) is 0. The van der Waals surface area contributed by atoms with Gasteiger partial charge in [0.25, 0.3) is 0 Å². The fourth-order valence-corrected chi connectivity index (χ4v) is 31.4. The zero-order chi connectivity index (χ0) is 80.4. The zero-order valence-electron chi connectivity index (χ0n) is 66.7. The van der Waals surface area contributed by atoms with E-state index in [2.05, 4.69) is 354 Å². The van der Waals surface area contributed by atoms with E-state index in [0.29, 0.717) is 0 Å². The SMILES string of the molecule is Cc1ccc(N(c2ccc3c(c2)-c2ccc(Cl)cc2[Si]3(C)C)c2ccc3c(c2)oc2ccccc23)cc1.Cc1cccc(N(c2ccc3c(c2)-c2ccc(Cl)cc2[Si]3(C)C)c2ccc3c(c2)sc2ccccc23)c1.Cc1cccc2sc3ccc(N(c4ccc5c(c4)-c4ccc(Cl)cc4[Si]5(C)C)c4ccc5oc6ccccc6c5c4)cc3c12. The molecule has 4 aromatic heterocycles. The van der Waals surface area contributed by atoms with Crippen molar-refractivity contribution in [3.05, 3.63) is 353 Å². The van der Waals surface area contributed by atoms with Crippen LogP contribution in [0.5, 0.6) is 0 Å². The Bertz CT molecular complexity index is 7560. The Morgan fingerprint density at radius 2 is 0.627 bits per heavy atom. The van der Waals surface area contributed by atoms with E-state index in [-0.39, 0.29) is 0 Å². The van der Waals surface area contributed by atoms with E-state index in [1.54, 1.807) is 0 Å². The number of fused-ring (bicyclic) bond motifs is 21. The summed E-state index contributed by atoms with van der Waals surface area (Å²) in [6.45, 7) is 21.1. The Balaban J connectivity index is 0.000000111. The largest absolute Gasteiger partial charge is 0.456 e. The summed E-state index contributed by atoms with van der Waals surface area (Å²) in [5.41, 5.74) is 25.6. The molecular weight excluding hydrogens is 1590 g/mol. The first-order valence-corrected chi connectivity index (χ1v) is 52.0. The summed E-state index contributed by atoms with van der Waals surface area (Å²) < 4.78 is 17.8. The molecule has 0 N–H and O–H groups in total. The van der Waals surface area contributed by atoms with Gasteiger partial charge in [0.15, 0.2) is 0 Å². The van der Waals surface area contributed by atoms with Gasteiger partial charge in [0.1, 0.15) is 46.6 Å². The van der Waals surface area contributed by atoms with E-state index in [0.717, 1.165) is 93.1 Å². The van der Waals surface area contributed by atoms with Gasteiger partial charge in [0, 0.05) is 134 Å². The van der Waals surface area contributed by atoms with Crippen molar-refractivity contribution in [1.29, 1.82) is 0 Å². The Morgan fingerprint density at radius 1 is 0.237 bits per heavy atom. The molecule has 0 fully saturated rings. The van der Waals surface area contributed by atoms with E-state index < -0.39 is 24.2 Å². The lowest BCUT2D eigenvalue weighted by Gasteiger charge is -2.27. The molecule has 13 heteroatoms. The molecule has 3 aliphatic heterocycles. The molecule has 20 aromatic rings. The Morgan fingerprint density at radius 3 is 1.20 bits per heavy atom. The summed E-state index contributed by atoms with van der Waals surface area (Å²) in [4.78, 5) is 7.14. The summed E-state index contributed by atoms with van der Waals surface area (Å²) in [6.07, 6.45) is 0. The first kappa shape index (κ1) is 74.1. The third kappa shape index (κ3) is 12.3. The number of benzene rings is 16. The topological polar surface area (TPSA) is 36.0 Å². The van der Waals surface area contributed by atoms with Crippen LogP contribution < -0.4 is 45.8 Å². The van der Waals surface area contributed by atoms with Gasteiger partial charge in [-0.3, -0.25) is 0 Å². The van der Waals surface area contributed by atoms with E-state index in [1.165, 1.54) is 139 Å². The molecule has 5 nitrogen and oxygen atoms in total. The number of aryl methyl sites for hydroxylation is 3. The predicted molar refractivity (Wildman–Crippen MR) is 520 cm³/mol. The van der Waals surface area contributed by atoms with Gasteiger partial charge in [0.05, 0.1) is 0 Å². The van der Waals surface area contributed by atoms with E-state index in [4.69, 9.17) is 43.6 Å². The lowest BCUT2D eigenvalue weighted by atomic mass is 10.0. The molecule has 23 rings (SSSR count). The number of rotatable bonds is 9. The Kier molecular flexibility index (Phi) is 17.8. The highest BCUT2D eigenvalue weighted by Crippen LogP contribution is 2.48. The molecule has 0 radical (unpaired) electrons. The smallest absolute Gasteiger partial charge is 0.137 e. The van der Waals surface area contributed by atoms with Gasteiger partial charge in [-0.15, -0.1) is 22.7 Å². The third-order valence-electron chi connectivity index (χ3n) is 25.0. The summed E-state index contributed by atoms with van der Waals surface area (Å²) >= 11 is 23.1. The zero-order valence-corrected chi connectivity index (χ0v) is 73.6. The summed E-state index contributed by atoms with van der Waals surface area (Å²) in [5, 5.41) is 20.9. The maximum atomic E-state index is 6.51. The molecule has 3 aliphatic rings. The highest BCUT2D eigenvalue weighted by Gasteiger charge is 2.41. The first-order chi connectivity index (χ1) is 57.2. The third-order valence-corrected chi connectivity index (χ3v) is 38.6. The fraction of sp³-hybridized carbons (Fsp3) is 0.0857. The minimum atomic E-state index is -1.86. The van der Waals surface area contributed by atoms with Gasteiger partial charge in [-0.2, -0.15) is 0 Å². The van der Waals surface area contributed by atoms with Crippen molar-refractivity contribution in [1.82, 2.24) is 0 Å². The molecule has 16 aromatic carbocycles. The van der Waals surface area contributed by atoms with Gasteiger partial charge in [0.2, 0.25) is 0 Å². The first-order valence-electron chi connectivity index (χ1n) is 40.2. The van der Waals surface area contributed by atoms with Crippen LogP contribution in [-0.2, 0) is 0 Å². The number of halogens is 3. The molecule has 0 saturated carbocycles. The number of nitrogens with zero attached hydrogens (tertiary/aromatic N) is 3. The Labute approximate surface area is 712 Å². The predicted octanol–water partition coefficient (Wildman–Crippen LogP) is 29.3. The van der Waals surface area contributed by atoms with Crippen LogP contribution in [0.15, 0.2) is 330 Å². The van der Waals surface area contributed by atoms with E-state index in [1.807, 2.05) is 65.1 Å². The summed E-state index contributed by atoms with van der Waals surface area (Å²) in [5.74, 6) is 0. The standard InChI is InChI=1S/C39H28ClNOSSi.C33H26ClNOSi.C33H26ClNSSi/c1-23-7-6-10-36-39(23)32-22-26(13-17-35(32)43-36)41(25-12-16-34-30(20-25)28-8-4-5-9-33(28)42-34)27-14-18-37-31(21-27)29-15-11-24(40)19-38(29)44(37,2)3;1-21-8-11-23(12-9-21)35(25-13-16-27-26-6-4-5-7-30(26)36-31(27)20-25)24-14-17-32-29(19-24)28-15-10-22(34)18-33(28)37(32,2)3;1-21-7-6-8-23(17-21)35(25-12-15-27-26-9-4-5-10-30(26)36-31(27)20-25)24-13-16-32-29(19-24)28-14-11-22(34)18-33(28)37(32,2)3/h4-22H,1-3H3;2*4-20H,1-3H3. The molecule has 7 heterocycles. The summed E-state index contributed by atoms with van der Waals surface area (Å²) in [6, 6.07) is 117. The molecule has 0 unspecified atom stereocenters. The van der Waals surface area contributed by atoms with Crippen LogP contribution in [0.2, 0.25) is 54.3 Å². The number of para-hydroxylation sites is 2. The van der Waals surface area contributed by atoms with Crippen LogP contribution >= 0.6 is 57.5 Å². The Hall–Kier alpha value is -11.5. The van der Waals surface area contributed by atoms with Crippen molar-refractivity contribution in [2.24, 2.45) is 0 Å². The van der Waals surface area contributed by atoms with Crippen molar-refractivity contribution in [2.75, 3.05) is 14.7 Å². The monoisotopic (exact) mass is 1670 g/mol. The number of hydrogen-bond acceptors (Lipinski definition) is 7. The molecule has 0 aliphatic carbocycles. The molecule has 0 saturated heterocycles. The van der Waals surface area contributed by atoms with Crippen molar-refractivity contribution >= 4 is 248 Å². The van der Waals surface area contributed by atoms with Gasteiger partial charge >= 0.3 is 0 Å². The van der Waals surface area contributed by atoms with Gasteiger partial charge in [-0.05, 0) is 278 Å². The molecule has 572 valence electrons. The minimum absolute atomic E-state index is 0.811. The lowest BCUT2D eigenvalue weighted by molar-refractivity contribution is 0.668. The molecule has 0 spiro atoms. The second kappa shape index (κ2) is 28.4. The lowest BCUT2D eigenvalue weighted by Crippen LogP contribution is -2.49. The van der Waals surface area contributed by atoms with Crippen LogP contribution in [-0.4, -0.2) is 24.2 Å². The van der Waals surface area contributed by atoms with Crippen LogP contribution in [0.1, 0.15) is 16.7 Å². The van der Waals surface area contributed by atoms with Crippen LogP contribution in [0.25, 0.3) is 118 Å². The van der Waals surface area contributed by atoms with Gasteiger partial charge in [-0.25, -0.2) is 0 Å². The highest BCUT2D eigenvalue weighted by atomic mass is 35.5. The van der Waals surface area contributed by atoms with Crippen LogP contribution in [0, 0.1) is 20.8 Å². The fourth-order valence-electron chi connectivity index (χ4n) is 19.1. The number of anilines is 9. The minimum Gasteiger partial charge on any atom is -0.456 e. The van der Waals surface area contributed by atoms with Crippen molar-refractivity contribution in [3.63, 3.8) is 0 Å². The number of furan rings is 2. The van der Waals surface area contributed by atoms with E-state index in [9.17, 15) is 0 Å². The number of thiophene rings is 2. The highest BCUT2D eigenvalue weighted by molar-refractivity contribution is 7.26. The quantitative estimate of drug-likeness (QED) is 0.135. The van der Waals surface area contributed by atoms with Crippen molar-refractivity contribution in [3.8, 4) is 33.4 Å². The second-order valence-corrected chi connectivity index (χ2v) is 49.8. The summed E-state index contributed by atoms with van der Waals surface area (Å²) in [7, 11) is -5.47. The van der Waals surface area contributed by atoms with Crippen LogP contribution in [0.3, 0.4) is 0 Å². The average Bonchev–Trinajstić information content (AvgIpc) is 1.57. The molecule has 0 amide bonds. The molecule has 118 heavy (non-hydrogen) atoms. The maximum Gasteiger partial charge on any atom is 0.137 e. The van der Waals surface area contributed by atoms with Gasteiger partial charge < -0.3 is 23.5 Å². The van der Waals surface area contributed by atoms with E-state index >= 15 is 0 Å². The molecule has 0 bridgehead atoms. The average molecular weight is 1670 g/mol. The molecule has 0 atom stereocenters. The van der Waals surface area contributed by atoms with Crippen molar-refractivity contribution in [2.45, 2.75) is 60.1 Å². The van der Waals surface area contributed by atoms with Crippen molar-refractivity contribution < 1.29 is 8.83 Å². The van der Waals surface area contributed by atoms with Crippen LogP contribution in [0.4, 0.5) is 51.2 Å².